The summed E-state index contributed by atoms with van der Waals surface area (Å²) in [6.07, 6.45) is -0.687. The largest absolute Gasteiger partial charge is 0.452 e. The lowest BCUT2D eigenvalue weighted by atomic mass is 9.96. The highest BCUT2D eigenvalue weighted by Crippen LogP contribution is 2.21. The Kier molecular flexibility index (Phi) is 3.48. The summed E-state index contributed by atoms with van der Waals surface area (Å²) in [5.41, 5.74) is 4.72. The first-order valence-electron chi connectivity index (χ1n) is 4.31. The molecule has 1 aliphatic heterocycles. The molecule has 0 aromatic heterocycles. The van der Waals surface area contributed by atoms with Crippen LogP contribution in [-0.4, -0.2) is 49.6 Å². The Hall–Kier alpha value is -1.08. The molecule has 0 saturated carbocycles. The van der Waals surface area contributed by atoms with Crippen LogP contribution >= 0.6 is 0 Å². The lowest BCUT2D eigenvalue weighted by Gasteiger charge is -2.15. The van der Waals surface area contributed by atoms with Gasteiger partial charge >= 0.3 is 11.9 Å². The second kappa shape index (κ2) is 4.43. The lowest BCUT2D eigenvalue weighted by molar-refractivity contribution is -0.160. The van der Waals surface area contributed by atoms with Crippen molar-refractivity contribution < 1.29 is 24.2 Å². The molecule has 0 aromatic carbocycles. The van der Waals surface area contributed by atoms with E-state index in [0.29, 0.717) is 6.42 Å². The molecule has 1 saturated heterocycles. The highest BCUT2D eigenvalue weighted by atomic mass is 16.6. The number of carbonyl (C=O) groups excluding carboxylic acids is 2. The second-order valence-corrected chi connectivity index (χ2v) is 3.21. The zero-order valence-electron chi connectivity index (χ0n) is 7.80. The number of nitrogens with two attached hydrogens (primary N) is 1. The van der Waals surface area contributed by atoms with E-state index in [0.717, 1.165) is 0 Å². The van der Waals surface area contributed by atoms with Crippen molar-refractivity contribution in [1.29, 1.82) is 0 Å². The minimum atomic E-state index is -1.14. The first-order valence-corrected chi connectivity index (χ1v) is 4.31. The summed E-state index contributed by atoms with van der Waals surface area (Å²) in [7, 11) is 1.79. The Bertz CT molecular complexity index is 246. The average molecular weight is 201 g/mol. The van der Waals surface area contributed by atoms with Crippen LogP contribution in [0.5, 0.6) is 0 Å². The molecule has 1 rings (SSSR count). The van der Waals surface area contributed by atoms with E-state index in [1.54, 1.807) is 7.85 Å². The summed E-state index contributed by atoms with van der Waals surface area (Å²) < 4.78 is 9.97. The Morgan fingerprint density at radius 3 is 2.79 bits per heavy atom. The molecule has 0 aromatic rings. The first kappa shape index (κ1) is 11.0. The minimum Gasteiger partial charge on any atom is -0.452 e. The normalized spacial score (nSPS) is 31.4. The Labute approximate surface area is 81.8 Å². The van der Waals surface area contributed by atoms with Crippen LogP contribution in [0.1, 0.15) is 6.42 Å². The molecule has 1 aliphatic rings. The number of aliphatic hydroxyl groups is 1. The van der Waals surface area contributed by atoms with Crippen molar-refractivity contribution in [3.8, 4) is 0 Å². The van der Waals surface area contributed by atoms with Crippen LogP contribution in [0.2, 0.25) is 0 Å². The molecule has 6 nitrogen and oxygen atoms in total. The number of hydrogen-bond acceptors (Lipinski definition) is 5. The van der Waals surface area contributed by atoms with E-state index in [4.69, 9.17) is 20.3 Å². The van der Waals surface area contributed by atoms with Crippen molar-refractivity contribution in [2.24, 2.45) is 5.73 Å². The molecule has 0 unspecified atom stereocenters. The lowest BCUT2D eigenvalue weighted by Crippen LogP contribution is -2.35. The SMILES string of the molecule is B[C@H]1C[C@@H](OC(=O)C(N)=O)[C@@H](CO)O1. The maximum Gasteiger partial charge on any atom is 0.396 e. The molecular weight excluding hydrogens is 189 g/mol. The van der Waals surface area contributed by atoms with Crippen LogP contribution in [0.25, 0.3) is 0 Å². The number of amides is 1. The van der Waals surface area contributed by atoms with Crippen molar-refractivity contribution in [1.82, 2.24) is 0 Å². The summed E-state index contributed by atoms with van der Waals surface area (Å²) in [5, 5.41) is 8.87. The van der Waals surface area contributed by atoms with E-state index in [9.17, 15) is 9.59 Å². The maximum atomic E-state index is 10.8. The number of rotatable bonds is 2. The summed E-state index contributed by atoms with van der Waals surface area (Å²) in [4.78, 5) is 21.2. The van der Waals surface area contributed by atoms with E-state index in [2.05, 4.69) is 0 Å². The third kappa shape index (κ3) is 2.46. The fraction of sp³-hybridized carbons (Fsp3) is 0.714. The number of esters is 1. The van der Waals surface area contributed by atoms with Crippen molar-refractivity contribution in [2.75, 3.05) is 6.61 Å². The standard InChI is InChI=1S/C7H12BNO5/c8-5-1-3(4(2-10)13-5)14-7(12)6(9)11/h3-5,10H,1-2,8H2,(H2,9,11)/t3-,4-,5-/m1/s1. The Balaban J connectivity index is 2.51. The zero-order chi connectivity index (χ0) is 10.7. The van der Waals surface area contributed by atoms with E-state index in [-0.39, 0.29) is 12.6 Å². The average Bonchev–Trinajstić information content (AvgIpc) is 2.45. The van der Waals surface area contributed by atoms with E-state index >= 15 is 0 Å². The predicted octanol–water partition coefficient (Wildman–Crippen LogP) is -2.88. The fourth-order valence-corrected chi connectivity index (χ4v) is 1.40. The molecular formula is C7H12BNO5. The molecule has 1 amide bonds. The topological polar surface area (TPSA) is 98.9 Å². The van der Waals surface area contributed by atoms with Gasteiger partial charge in [0.25, 0.3) is 0 Å². The quantitative estimate of drug-likeness (QED) is 0.284. The summed E-state index contributed by atoms with van der Waals surface area (Å²) in [5.74, 6) is -2.23. The maximum absolute atomic E-state index is 10.8. The van der Waals surface area contributed by atoms with Crippen molar-refractivity contribution in [2.45, 2.75) is 24.6 Å². The molecule has 0 radical (unpaired) electrons. The molecule has 78 valence electrons. The van der Waals surface area contributed by atoms with Crippen molar-refractivity contribution in [3.63, 3.8) is 0 Å². The van der Waals surface area contributed by atoms with Gasteiger partial charge in [0.05, 0.1) is 6.61 Å². The third-order valence-corrected chi connectivity index (χ3v) is 2.03. The highest BCUT2D eigenvalue weighted by Gasteiger charge is 2.35. The van der Waals surface area contributed by atoms with Gasteiger partial charge in [0.2, 0.25) is 0 Å². The van der Waals surface area contributed by atoms with Gasteiger partial charge in [-0.05, 0) is 0 Å². The highest BCUT2D eigenvalue weighted by molar-refractivity contribution is 6.31. The van der Waals surface area contributed by atoms with Crippen LogP contribution in [0.3, 0.4) is 0 Å². The van der Waals surface area contributed by atoms with Gasteiger partial charge < -0.3 is 20.3 Å². The molecule has 3 N–H and O–H groups in total. The van der Waals surface area contributed by atoms with E-state index < -0.39 is 24.1 Å². The van der Waals surface area contributed by atoms with Gasteiger partial charge in [-0.25, -0.2) is 4.79 Å². The zero-order valence-corrected chi connectivity index (χ0v) is 7.80. The van der Waals surface area contributed by atoms with Gasteiger partial charge in [0.1, 0.15) is 20.1 Å². The molecule has 1 fully saturated rings. The predicted molar refractivity (Wildman–Crippen MR) is 48.0 cm³/mol. The molecule has 14 heavy (non-hydrogen) atoms. The Morgan fingerprint density at radius 2 is 2.29 bits per heavy atom. The smallest absolute Gasteiger partial charge is 0.396 e. The van der Waals surface area contributed by atoms with Crippen LogP contribution in [0.15, 0.2) is 0 Å². The molecule has 0 aliphatic carbocycles. The summed E-state index contributed by atoms with van der Waals surface area (Å²) >= 11 is 0. The van der Waals surface area contributed by atoms with Gasteiger partial charge in [-0.3, -0.25) is 4.79 Å². The molecule has 0 spiro atoms. The minimum absolute atomic E-state index is 0.0992. The van der Waals surface area contributed by atoms with Crippen LogP contribution in [0.4, 0.5) is 0 Å². The van der Waals surface area contributed by atoms with Crippen molar-refractivity contribution >= 4 is 19.7 Å². The number of primary amides is 1. The van der Waals surface area contributed by atoms with Crippen molar-refractivity contribution in [3.05, 3.63) is 0 Å². The third-order valence-electron chi connectivity index (χ3n) is 2.03. The monoisotopic (exact) mass is 201 g/mol. The van der Waals surface area contributed by atoms with Crippen LogP contribution in [-0.2, 0) is 19.1 Å². The molecule has 1 heterocycles. The van der Waals surface area contributed by atoms with Gasteiger partial charge in [0, 0.05) is 12.4 Å². The number of aliphatic hydroxyl groups excluding tert-OH is 1. The fourth-order valence-electron chi connectivity index (χ4n) is 1.40. The number of carbonyl (C=O) groups is 2. The van der Waals surface area contributed by atoms with Gasteiger partial charge in [-0.1, -0.05) is 0 Å². The van der Waals surface area contributed by atoms with E-state index in [1.807, 2.05) is 0 Å². The molecule has 3 atom stereocenters. The molecule has 7 heteroatoms. The van der Waals surface area contributed by atoms with Gasteiger partial charge in [-0.2, -0.15) is 0 Å². The first-order chi connectivity index (χ1) is 6.54. The number of hydrogen-bond donors (Lipinski definition) is 2. The second-order valence-electron chi connectivity index (χ2n) is 3.21. The Morgan fingerprint density at radius 1 is 1.64 bits per heavy atom. The van der Waals surface area contributed by atoms with Crippen LogP contribution in [0, 0.1) is 0 Å². The van der Waals surface area contributed by atoms with Gasteiger partial charge in [-0.15, -0.1) is 0 Å². The van der Waals surface area contributed by atoms with E-state index in [1.165, 1.54) is 0 Å². The summed E-state index contributed by atoms with van der Waals surface area (Å²) in [6.45, 7) is -0.249. The molecule has 0 bridgehead atoms. The number of ether oxygens (including phenoxy) is 2. The van der Waals surface area contributed by atoms with Gasteiger partial charge in [0.15, 0.2) is 0 Å². The summed E-state index contributed by atoms with van der Waals surface area (Å²) in [6, 6.07) is -0.0992. The van der Waals surface area contributed by atoms with Crippen LogP contribution < -0.4 is 5.73 Å².